The van der Waals surface area contributed by atoms with E-state index in [9.17, 15) is 0 Å². The van der Waals surface area contributed by atoms with Gasteiger partial charge in [0, 0.05) is 25.5 Å². The van der Waals surface area contributed by atoms with E-state index in [2.05, 4.69) is 43.0 Å². The van der Waals surface area contributed by atoms with Crippen LogP contribution in [0.1, 0.15) is 46.5 Å². The highest BCUT2D eigenvalue weighted by atomic mass is 15.4. The van der Waals surface area contributed by atoms with Crippen molar-refractivity contribution < 1.29 is 0 Å². The number of rotatable bonds is 6. The third-order valence-electron chi connectivity index (χ3n) is 2.83. The minimum absolute atomic E-state index is 0.626. The molecule has 0 aromatic heterocycles. The summed E-state index contributed by atoms with van der Waals surface area (Å²) >= 11 is 0. The van der Waals surface area contributed by atoms with Crippen molar-refractivity contribution >= 4 is 0 Å². The first-order chi connectivity index (χ1) is 6.83. The highest BCUT2D eigenvalue weighted by molar-refractivity contribution is 4.96. The van der Waals surface area contributed by atoms with E-state index in [1.807, 2.05) is 0 Å². The van der Waals surface area contributed by atoms with E-state index in [0.29, 0.717) is 6.17 Å². The average molecular weight is 196 g/mol. The molecule has 0 aliphatic carbocycles. The van der Waals surface area contributed by atoms with Crippen LogP contribution in [-0.4, -0.2) is 29.1 Å². The first kappa shape index (κ1) is 11.4. The molecule has 82 valence electrons. The predicted octanol–water partition coefficient (Wildman–Crippen LogP) is 3.02. The Morgan fingerprint density at radius 1 is 0.929 bits per heavy atom. The molecule has 0 saturated carbocycles. The molecule has 0 fully saturated rings. The largest absolute Gasteiger partial charge is 0.356 e. The lowest BCUT2D eigenvalue weighted by Crippen LogP contribution is -2.38. The van der Waals surface area contributed by atoms with Crippen LogP contribution in [0.3, 0.4) is 0 Å². The third-order valence-corrected chi connectivity index (χ3v) is 2.83. The zero-order valence-corrected chi connectivity index (χ0v) is 9.87. The summed E-state index contributed by atoms with van der Waals surface area (Å²) in [4.78, 5) is 4.95. The summed E-state index contributed by atoms with van der Waals surface area (Å²) in [6.45, 7) is 9.18. The smallest absolute Gasteiger partial charge is 0.100 e. The van der Waals surface area contributed by atoms with Crippen LogP contribution in [-0.2, 0) is 0 Å². The molecule has 1 unspecified atom stereocenters. The van der Waals surface area contributed by atoms with Crippen molar-refractivity contribution in [3.05, 3.63) is 12.4 Å². The van der Waals surface area contributed by atoms with Gasteiger partial charge in [-0.1, -0.05) is 27.2 Å². The molecule has 0 radical (unpaired) electrons. The van der Waals surface area contributed by atoms with Crippen molar-refractivity contribution in [3.8, 4) is 0 Å². The van der Waals surface area contributed by atoms with Crippen molar-refractivity contribution in [2.45, 2.75) is 52.6 Å². The number of hydrogen-bond acceptors (Lipinski definition) is 2. The fraction of sp³-hybridized carbons (Fsp3) is 0.833. The van der Waals surface area contributed by atoms with E-state index in [1.54, 1.807) is 0 Å². The Hall–Kier alpha value is -0.660. The molecule has 0 bridgehead atoms. The van der Waals surface area contributed by atoms with Gasteiger partial charge in [-0.25, -0.2) is 0 Å². The topological polar surface area (TPSA) is 6.48 Å². The van der Waals surface area contributed by atoms with E-state index in [4.69, 9.17) is 0 Å². The Bertz CT molecular complexity index is 177. The molecule has 2 nitrogen and oxygen atoms in total. The molecule has 0 spiro atoms. The molecule has 1 atom stereocenters. The van der Waals surface area contributed by atoms with E-state index in [0.717, 1.165) is 0 Å². The first-order valence-corrected chi connectivity index (χ1v) is 6.03. The highest BCUT2D eigenvalue weighted by Gasteiger charge is 2.22. The normalized spacial score (nSPS) is 20.9. The van der Waals surface area contributed by atoms with Gasteiger partial charge >= 0.3 is 0 Å². The highest BCUT2D eigenvalue weighted by Crippen LogP contribution is 2.19. The Labute approximate surface area is 88.6 Å². The lowest BCUT2D eigenvalue weighted by molar-refractivity contribution is 0.146. The van der Waals surface area contributed by atoms with Crippen LogP contribution in [0.15, 0.2) is 12.4 Å². The zero-order chi connectivity index (χ0) is 10.4. The van der Waals surface area contributed by atoms with Crippen molar-refractivity contribution in [3.63, 3.8) is 0 Å². The second-order valence-electron chi connectivity index (χ2n) is 4.02. The zero-order valence-electron chi connectivity index (χ0n) is 9.87. The van der Waals surface area contributed by atoms with Crippen LogP contribution >= 0.6 is 0 Å². The fourth-order valence-electron chi connectivity index (χ4n) is 2.08. The fourth-order valence-corrected chi connectivity index (χ4v) is 2.08. The number of hydrogen-bond donors (Lipinski definition) is 0. The van der Waals surface area contributed by atoms with Gasteiger partial charge in [-0.2, -0.15) is 0 Å². The quantitative estimate of drug-likeness (QED) is 0.644. The maximum atomic E-state index is 2.49. The van der Waals surface area contributed by atoms with Crippen LogP contribution in [0.2, 0.25) is 0 Å². The summed E-state index contributed by atoms with van der Waals surface area (Å²) in [5, 5.41) is 0. The minimum atomic E-state index is 0.626. The minimum Gasteiger partial charge on any atom is -0.356 e. The Morgan fingerprint density at radius 3 is 2.07 bits per heavy atom. The molecule has 0 N–H and O–H groups in total. The average Bonchev–Trinajstić information content (AvgIpc) is 2.58. The van der Waals surface area contributed by atoms with Crippen molar-refractivity contribution in [1.29, 1.82) is 0 Å². The summed E-state index contributed by atoms with van der Waals surface area (Å²) in [7, 11) is 0. The second kappa shape index (κ2) is 5.94. The predicted molar refractivity (Wildman–Crippen MR) is 61.8 cm³/mol. The molecule has 0 aromatic carbocycles. The van der Waals surface area contributed by atoms with Gasteiger partial charge in [0.15, 0.2) is 0 Å². The standard InChI is InChI=1S/C12H24N2/c1-4-7-9-14-11-10-13(8-5-2)12(14)6-3/h10-12H,4-9H2,1-3H3. The molecular formula is C12H24N2. The van der Waals surface area contributed by atoms with Crippen LogP contribution < -0.4 is 0 Å². The molecule has 14 heavy (non-hydrogen) atoms. The van der Waals surface area contributed by atoms with Gasteiger partial charge in [0.2, 0.25) is 0 Å². The van der Waals surface area contributed by atoms with Crippen molar-refractivity contribution in [2.75, 3.05) is 13.1 Å². The molecule has 1 aliphatic rings. The van der Waals surface area contributed by atoms with Gasteiger partial charge in [-0.05, 0) is 19.3 Å². The first-order valence-electron chi connectivity index (χ1n) is 6.03. The summed E-state index contributed by atoms with van der Waals surface area (Å²) in [6.07, 6.45) is 10.2. The summed E-state index contributed by atoms with van der Waals surface area (Å²) in [5.74, 6) is 0. The van der Waals surface area contributed by atoms with Crippen molar-refractivity contribution in [2.24, 2.45) is 0 Å². The van der Waals surface area contributed by atoms with E-state index < -0.39 is 0 Å². The van der Waals surface area contributed by atoms with E-state index in [1.165, 1.54) is 38.8 Å². The molecule has 0 saturated heterocycles. The molecule has 1 rings (SSSR count). The van der Waals surface area contributed by atoms with Gasteiger partial charge in [-0.15, -0.1) is 0 Å². The van der Waals surface area contributed by atoms with Crippen LogP contribution in [0.25, 0.3) is 0 Å². The lowest BCUT2D eigenvalue weighted by Gasteiger charge is -2.31. The molecule has 1 heterocycles. The third kappa shape index (κ3) is 2.66. The van der Waals surface area contributed by atoms with Crippen molar-refractivity contribution in [1.82, 2.24) is 9.80 Å². The number of nitrogens with zero attached hydrogens (tertiary/aromatic N) is 2. The van der Waals surface area contributed by atoms with Crippen LogP contribution in [0.5, 0.6) is 0 Å². The van der Waals surface area contributed by atoms with Gasteiger partial charge in [0.25, 0.3) is 0 Å². The molecular weight excluding hydrogens is 172 g/mol. The summed E-state index contributed by atoms with van der Waals surface area (Å²) in [6, 6.07) is 0. The summed E-state index contributed by atoms with van der Waals surface area (Å²) in [5.41, 5.74) is 0. The lowest BCUT2D eigenvalue weighted by atomic mass is 10.2. The molecule has 1 aliphatic heterocycles. The maximum Gasteiger partial charge on any atom is 0.100 e. The van der Waals surface area contributed by atoms with Gasteiger partial charge in [0.1, 0.15) is 6.17 Å². The molecule has 0 aromatic rings. The maximum absolute atomic E-state index is 2.49. The van der Waals surface area contributed by atoms with Crippen LogP contribution in [0.4, 0.5) is 0 Å². The monoisotopic (exact) mass is 196 g/mol. The van der Waals surface area contributed by atoms with Gasteiger partial charge < -0.3 is 9.80 Å². The SMILES string of the molecule is CCCCN1C=CN(CCC)C1CC. The van der Waals surface area contributed by atoms with Gasteiger partial charge in [0.05, 0.1) is 0 Å². The second-order valence-corrected chi connectivity index (χ2v) is 4.02. The summed E-state index contributed by atoms with van der Waals surface area (Å²) < 4.78 is 0. The Kier molecular flexibility index (Phi) is 4.85. The molecule has 0 amide bonds. The van der Waals surface area contributed by atoms with Crippen LogP contribution in [0, 0.1) is 0 Å². The van der Waals surface area contributed by atoms with Gasteiger partial charge in [-0.3, -0.25) is 0 Å². The van der Waals surface area contributed by atoms with E-state index >= 15 is 0 Å². The molecule has 2 heteroatoms. The Morgan fingerprint density at radius 2 is 1.57 bits per heavy atom. The van der Waals surface area contributed by atoms with E-state index in [-0.39, 0.29) is 0 Å². The Balaban J connectivity index is 2.42. The number of unbranched alkanes of at least 4 members (excludes halogenated alkanes) is 1.